The SMILES string of the molecule is O=C(CN1CCCC1=O)Nc1ccc(N2CCCC2)nc1. The van der Waals surface area contributed by atoms with Crippen LogP contribution in [0.3, 0.4) is 0 Å². The Morgan fingerprint density at radius 3 is 2.62 bits per heavy atom. The molecule has 112 valence electrons. The number of nitrogens with zero attached hydrogens (tertiary/aromatic N) is 3. The first kappa shape index (κ1) is 13.9. The highest BCUT2D eigenvalue weighted by Gasteiger charge is 2.22. The van der Waals surface area contributed by atoms with Crippen LogP contribution in [0, 0.1) is 0 Å². The van der Waals surface area contributed by atoms with E-state index >= 15 is 0 Å². The first-order valence-electron chi connectivity index (χ1n) is 7.51. The molecule has 1 aromatic rings. The van der Waals surface area contributed by atoms with Gasteiger partial charge in [0.05, 0.1) is 18.4 Å². The standard InChI is InChI=1S/C15H20N4O2/c20-14(11-19-9-3-4-15(19)21)17-12-5-6-13(16-10-12)18-7-1-2-8-18/h5-6,10H,1-4,7-9,11H2,(H,17,20). The number of rotatable bonds is 4. The molecule has 0 spiro atoms. The maximum atomic E-state index is 11.9. The number of amides is 2. The molecule has 2 saturated heterocycles. The Hall–Kier alpha value is -2.11. The van der Waals surface area contributed by atoms with Crippen molar-refractivity contribution in [3.63, 3.8) is 0 Å². The van der Waals surface area contributed by atoms with Gasteiger partial charge in [-0.3, -0.25) is 9.59 Å². The van der Waals surface area contributed by atoms with E-state index in [0.717, 1.165) is 25.3 Å². The van der Waals surface area contributed by atoms with E-state index in [1.807, 2.05) is 12.1 Å². The van der Waals surface area contributed by atoms with Gasteiger partial charge in [0.15, 0.2) is 0 Å². The van der Waals surface area contributed by atoms with Gasteiger partial charge in [0.25, 0.3) is 0 Å². The van der Waals surface area contributed by atoms with Crippen molar-refractivity contribution in [2.75, 3.05) is 36.4 Å². The molecule has 0 bridgehead atoms. The lowest BCUT2D eigenvalue weighted by Gasteiger charge is -2.17. The second-order valence-electron chi connectivity index (χ2n) is 5.57. The van der Waals surface area contributed by atoms with Crippen molar-refractivity contribution in [1.29, 1.82) is 0 Å². The van der Waals surface area contributed by atoms with Gasteiger partial charge in [-0.25, -0.2) is 4.98 Å². The largest absolute Gasteiger partial charge is 0.357 e. The monoisotopic (exact) mass is 288 g/mol. The van der Waals surface area contributed by atoms with Crippen molar-refractivity contribution in [1.82, 2.24) is 9.88 Å². The quantitative estimate of drug-likeness (QED) is 0.905. The molecule has 0 unspecified atom stereocenters. The van der Waals surface area contributed by atoms with E-state index in [4.69, 9.17) is 0 Å². The van der Waals surface area contributed by atoms with Crippen LogP contribution in [-0.4, -0.2) is 47.9 Å². The van der Waals surface area contributed by atoms with Crippen LogP contribution in [0.5, 0.6) is 0 Å². The van der Waals surface area contributed by atoms with E-state index in [9.17, 15) is 9.59 Å². The molecular formula is C15H20N4O2. The number of aromatic nitrogens is 1. The molecule has 6 heteroatoms. The number of hydrogen-bond donors (Lipinski definition) is 1. The molecule has 2 amide bonds. The molecular weight excluding hydrogens is 268 g/mol. The Morgan fingerprint density at radius 2 is 2.00 bits per heavy atom. The number of hydrogen-bond acceptors (Lipinski definition) is 4. The van der Waals surface area contributed by atoms with Crippen LogP contribution < -0.4 is 10.2 Å². The van der Waals surface area contributed by atoms with E-state index < -0.39 is 0 Å². The maximum absolute atomic E-state index is 11.9. The fourth-order valence-electron chi connectivity index (χ4n) is 2.84. The zero-order chi connectivity index (χ0) is 14.7. The fourth-order valence-corrected chi connectivity index (χ4v) is 2.84. The average molecular weight is 288 g/mol. The van der Waals surface area contributed by atoms with Gasteiger partial charge < -0.3 is 15.1 Å². The summed E-state index contributed by atoms with van der Waals surface area (Å²) in [6.07, 6.45) is 5.50. The molecule has 2 fully saturated rings. The summed E-state index contributed by atoms with van der Waals surface area (Å²) in [5, 5.41) is 2.79. The van der Waals surface area contributed by atoms with Crippen molar-refractivity contribution < 1.29 is 9.59 Å². The molecule has 2 aliphatic heterocycles. The number of anilines is 2. The summed E-state index contributed by atoms with van der Waals surface area (Å²) in [4.78, 5) is 31.6. The van der Waals surface area contributed by atoms with E-state index in [-0.39, 0.29) is 18.4 Å². The van der Waals surface area contributed by atoms with Crippen LogP contribution in [0.15, 0.2) is 18.3 Å². The Kier molecular flexibility index (Phi) is 4.03. The first-order valence-corrected chi connectivity index (χ1v) is 7.51. The lowest BCUT2D eigenvalue weighted by Crippen LogP contribution is -2.34. The highest BCUT2D eigenvalue weighted by atomic mass is 16.2. The summed E-state index contributed by atoms with van der Waals surface area (Å²) in [5.74, 6) is 0.855. The molecule has 6 nitrogen and oxygen atoms in total. The van der Waals surface area contributed by atoms with Crippen LogP contribution in [0.4, 0.5) is 11.5 Å². The van der Waals surface area contributed by atoms with Crippen LogP contribution in [-0.2, 0) is 9.59 Å². The van der Waals surface area contributed by atoms with Crippen LogP contribution >= 0.6 is 0 Å². The summed E-state index contributed by atoms with van der Waals surface area (Å²) >= 11 is 0. The first-order chi connectivity index (χ1) is 10.2. The van der Waals surface area contributed by atoms with Crippen molar-refractivity contribution in [3.8, 4) is 0 Å². The number of nitrogens with one attached hydrogen (secondary N) is 1. The van der Waals surface area contributed by atoms with Crippen LogP contribution in [0.1, 0.15) is 25.7 Å². The zero-order valence-corrected chi connectivity index (χ0v) is 12.0. The molecule has 0 radical (unpaired) electrons. The summed E-state index contributed by atoms with van der Waals surface area (Å²) in [5.41, 5.74) is 0.676. The molecule has 0 saturated carbocycles. The lowest BCUT2D eigenvalue weighted by molar-refractivity contribution is -0.131. The third-order valence-corrected chi connectivity index (χ3v) is 3.97. The molecule has 0 aromatic carbocycles. The van der Waals surface area contributed by atoms with Crippen molar-refractivity contribution in [3.05, 3.63) is 18.3 Å². The maximum Gasteiger partial charge on any atom is 0.244 e. The highest BCUT2D eigenvalue weighted by Crippen LogP contribution is 2.19. The summed E-state index contributed by atoms with van der Waals surface area (Å²) in [6, 6.07) is 3.80. The lowest BCUT2D eigenvalue weighted by atomic mass is 10.3. The predicted molar refractivity (Wildman–Crippen MR) is 80.1 cm³/mol. The second kappa shape index (κ2) is 6.11. The molecule has 1 aromatic heterocycles. The van der Waals surface area contributed by atoms with Crippen molar-refractivity contribution in [2.45, 2.75) is 25.7 Å². The van der Waals surface area contributed by atoms with Gasteiger partial charge in [-0.15, -0.1) is 0 Å². The van der Waals surface area contributed by atoms with Crippen LogP contribution in [0.2, 0.25) is 0 Å². The number of pyridine rings is 1. The minimum atomic E-state index is -0.166. The normalized spacial score (nSPS) is 18.4. The number of carbonyl (C=O) groups excluding carboxylic acids is 2. The highest BCUT2D eigenvalue weighted by molar-refractivity contribution is 5.94. The third kappa shape index (κ3) is 3.32. The Bertz CT molecular complexity index is 523. The van der Waals surface area contributed by atoms with Crippen molar-refractivity contribution >= 4 is 23.3 Å². The number of carbonyl (C=O) groups is 2. The topological polar surface area (TPSA) is 65.5 Å². The summed E-state index contributed by atoms with van der Waals surface area (Å²) in [7, 11) is 0. The summed E-state index contributed by atoms with van der Waals surface area (Å²) < 4.78 is 0. The van der Waals surface area contributed by atoms with Gasteiger partial charge >= 0.3 is 0 Å². The smallest absolute Gasteiger partial charge is 0.244 e. The molecule has 2 aliphatic rings. The van der Waals surface area contributed by atoms with Gasteiger partial charge in [0.1, 0.15) is 5.82 Å². The van der Waals surface area contributed by atoms with E-state index in [1.165, 1.54) is 12.8 Å². The van der Waals surface area contributed by atoms with Gasteiger partial charge in [0, 0.05) is 26.1 Å². The molecule has 3 heterocycles. The summed E-state index contributed by atoms with van der Waals surface area (Å²) in [6.45, 7) is 2.91. The molecule has 0 atom stereocenters. The van der Waals surface area contributed by atoms with Gasteiger partial charge in [-0.1, -0.05) is 0 Å². The predicted octanol–water partition coefficient (Wildman–Crippen LogP) is 1.24. The Morgan fingerprint density at radius 1 is 1.19 bits per heavy atom. The molecule has 3 rings (SSSR count). The van der Waals surface area contributed by atoms with Gasteiger partial charge in [0.2, 0.25) is 11.8 Å². The minimum absolute atomic E-state index is 0.0626. The Labute approximate surface area is 124 Å². The third-order valence-electron chi connectivity index (χ3n) is 3.97. The molecule has 21 heavy (non-hydrogen) atoms. The van der Waals surface area contributed by atoms with E-state index in [0.29, 0.717) is 18.7 Å². The fraction of sp³-hybridized carbons (Fsp3) is 0.533. The average Bonchev–Trinajstić information content (AvgIpc) is 3.12. The van der Waals surface area contributed by atoms with Crippen LogP contribution in [0.25, 0.3) is 0 Å². The van der Waals surface area contributed by atoms with E-state index in [2.05, 4.69) is 15.2 Å². The van der Waals surface area contributed by atoms with Crippen molar-refractivity contribution in [2.24, 2.45) is 0 Å². The van der Waals surface area contributed by atoms with E-state index in [1.54, 1.807) is 11.1 Å². The Balaban J connectivity index is 1.54. The van der Waals surface area contributed by atoms with Gasteiger partial charge in [-0.05, 0) is 31.4 Å². The minimum Gasteiger partial charge on any atom is -0.357 e. The molecule has 1 N–H and O–H groups in total. The zero-order valence-electron chi connectivity index (χ0n) is 12.0. The second-order valence-corrected chi connectivity index (χ2v) is 5.57. The molecule has 0 aliphatic carbocycles. The number of likely N-dealkylation sites (tertiary alicyclic amines) is 1. The van der Waals surface area contributed by atoms with Gasteiger partial charge in [-0.2, -0.15) is 0 Å².